The standard InChI is InChI=1S/C11H18O5S/c1-11(2,17(13,14)15)10(12)16-9-6-7-3-4-8(9)5-7/h7-9H,3-6H2,1-2H3,(H,13,14,15)/p-1. The van der Waals surface area contributed by atoms with Crippen LogP contribution in [0.25, 0.3) is 0 Å². The predicted octanol–water partition coefficient (Wildman–Crippen LogP) is 1.04. The van der Waals surface area contributed by atoms with Gasteiger partial charge in [-0.25, -0.2) is 8.42 Å². The number of carbonyl (C=O) groups excluding carboxylic acids is 1. The van der Waals surface area contributed by atoms with Crippen LogP contribution in [0.4, 0.5) is 0 Å². The molecule has 0 amide bonds. The van der Waals surface area contributed by atoms with E-state index < -0.39 is 20.8 Å². The molecule has 2 bridgehead atoms. The summed E-state index contributed by atoms with van der Waals surface area (Å²) in [5.74, 6) is 0.0453. The molecule has 0 N–H and O–H groups in total. The molecule has 2 aliphatic carbocycles. The molecule has 98 valence electrons. The average Bonchev–Trinajstić information content (AvgIpc) is 2.76. The van der Waals surface area contributed by atoms with Gasteiger partial charge in [0, 0.05) is 0 Å². The Hall–Kier alpha value is -0.620. The first-order valence-corrected chi connectivity index (χ1v) is 7.29. The summed E-state index contributed by atoms with van der Waals surface area (Å²) >= 11 is 0. The Labute approximate surface area is 101 Å². The van der Waals surface area contributed by atoms with Gasteiger partial charge in [-0.15, -0.1) is 0 Å². The van der Waals surface area contributed by atoms with Gasteiger partial charge in [-0.05, 0) is 51.4 Å². The molecule has 0 aromatic rings. The van der Waals surface area contributed by atoms with E-state index in [0.717, 1.165) is 33.1 Å². The summed E-state index contributed by atoms with van der Waals surface area (Å²) in [6, 6.07) is 0. The summed E-state index contributed by atoms with van der Waals surface area (Å²) in [7, 11) is -4.68. The summed E-state index contributed by atoms with van der Waals surface area (Å²) in [5.41, 5.74) is 0. The minimum atomic E-state index is -4.68. The quantitative estimate of drug-likeness (QED) is 0.560. The Kier molecular flexibility index (Phi) is 2.98. The third kappa shape index (κ3) is 2.20. The minimum absolute atomic E-state index is 0.192. The topological polar surface area (TPSA) is 83.5 Å². The first-order valence-electron chi connectivity index (χ1n) is 5.88. The van der Waals surface area contributed by atoms with E-state index in [9.17, 15) is 17.8 Å². The van der Waals surface area contributed by atoms with Crippen molar-refractivity contribution < 1.29 is 22.5 Å². The second-order valence-corrected chi connectivity index (χ2v) is 7.51. The fourth-order valence-electron chi connectivity index (χ4n) is 2.71. The molecule has 0 spiro atoms. The van der Waals surface area contributed by atoms with E-state index in [1.54, 1.807) is 0 Å². The van der Waals surface area contributed by atoms with Gasteiger partial charge in [-0.2, -0.15) is 0 Å². The van der Waals surface area contributed by atoms with Crippen molar-refractivity contribution in [2.75, 3.05) is 0 Å². The van der Waals surface area contributed by atoms with E-state index in [4.69, 9.17) is 4.74 Å². The fraction of sp³-hybridized carbons (Fsp3) is 0.909. The minimum Gasteiger partial charge on any atom is -0.747 e. The predicted molar refractivity (Wildman–Crippen MR) is 59.1 cm³/mol. The highest BCUT2D eigenvalue weighted by molar-refractivity contribution is 7.88. The van der Waals surface area contributed by atoms with Crippen LogP contribution in [0.1, 0.15) is 39.5 Å². The van der Waals surface area contributed by atoms with Crippen LogP contribution in [0.5, 0.6) is 0 Å². The van der Waals surface area contributed by atoms with Gasteiger partial charge in [0.2, 0.25) is 0 Å². The molecular formula is C11H17O5S-. The van der Waals surface area contributed by atoms with Crippen LogP contribution in [-0.2, 0) is 19.6 Å². The van der Waals surface area contributed by atoms with Crippen LogP contribution < -0.4 is 0 Å². The van der Waals surface area contributed by atoms with Gasteiger partial charge in [-0.1, -0.05) is 0 Å². The third-order valence-electron chi connectivity index (χ3n) is 4.05. The SMILES string of the molecule is CC(C)(C(=O)OC1CC2CCC1C2)S(=O)(=O)[O-]. The highest BCUT2D eigenvalue weighted by Gasteiger charge is 2.45. The van der Waals surface area contributed by atoms with Gasteiger partial charge in [0.25, 0.3) is 0 Å². The molecule has 17 heavy (non-hydrogen) atoms. The van der Waals surface area contributed by atoms with Crippen molar-refractivity contribution in [2.45, 2.75) is 50.4 Å². The van der Waals surface area contributed by atoms with Crippen molar-refractivity contribution in [1.82, 2.24) is 0 Å². The van der Waals surface area contributed by atoms with Crippen LogP contribution in [0.2, 0.25) is 0 Å². The molecule has 2 fully saturated rings. The average molecular weight is 261 g/mol. The Morgan fingerprint density at radius 2 is 1.94 bits per heavy atom. The maximum Gasteiger partial charge on any atom is 0.326 e. The molecule has 3 unspecified atom stereocenters. The molecule has 2 rings (SSSR count). The molecule has 2 saturated carbocycles. The molecule has 0 saturated heterocycles. The van der Waals surface area contributed by atoms with E-state index in [2.05, 4.69) is 0 Å². The molecular weight excluding hydrogens is 244 g/mol. The molecule has 0 radical (unpaired) electrons. The smallest absolute Gasteiger partial charge is 0.326 e. The van der Waals surface area contributed by atoms with E-state index in [1.807, 2.05) is 0 Å². The number of hydrogen-bond donors (Lipinski definition) is 0. The summed E-state index contributed by atoms with van der Waals surface area (Å²) in [4.78, 5) is 11.7. The number of carbonyl (C=O) groups is 1. The lowest BCUT2D eigenvalue weighted by Crippen LogP contribution is -2.44. The van der Waals surface area contributed by atoms with Crippen molar-refractivity contribution in [3.8, 4) is 0 Å². The zero-order valence-electron chi connectivity index (χ0n) is 10.0. The van der Waals surface area contributed by atoms with E-state index >= 15 is 0 Å². The van der Waals surface area contributed by atoms with E-state index in [1.165, 1.54) is 6.42 Å². The first kappa shape index (κ1) is 12.8. The van der Waals surface area contributed by atoms with Crippen molar-refractivity contribution in [3.05, 3.63) is 0 Å². The molecule has 0 aliphatic heterocycles. The van der Waals surface area contributed by atoms with Crippen molar-refractivity contribution >= 4 is 16.1 Å². The van der Waals surface area contributed by atoms with Crippen molar-refractivity contribution in [1.29, 1.82) is 0 Å². The number of fused-ring (bicyclic) bond motifs is 2. The summed E-state index contributed by atoms with van der Waals surface area (Å²) in [6.45, 7) is 2.20. The van der Waals surface area contributed by atoms with E-state index in [0.29, 0.717) is 11.8 Å². The lowest BCUT2D eigenvalue weighted by Gasteiger charge is -2.29. The second kappa shape index (κ2) is 3.95. The molecule has 5 nitrogen and oxygen atoms in total. The van der Waals surface area contributed by atoms with Gasteiger partial charge in [-0.3, -0.25) is 4.79 Å². The summed E-state index contributed by atoms with van der Waals surface area (Å²) < 4.78 is 36.1. The van der Waals surface area contributed by atoms with Gasteiger partial charge in [0.1, 0.15) is 16.2 Å². The lowest BCUT2D eigenvalue weighted by molar-refractivity contribution is -0.154. The zero-order valence-corrected chi connectivity index (χ0v) is 10.8. The second-order valence-electron chi connectivity index (χ2n) is 5.58. The van der Waals surface area contributed by atoms with Gasteiger partial charge < -0.3 is 9.29 Å². The molecule has 6 heteroatoms. The van der Waals surface area contributed by atoms with Crippen LogP contribution >= 0.6 is 0 Å². The molecule has 2 aliphatic rings. The molecule has 0 aromatic heterocycles. The van der Waals surface area contributed by atoms with Crippen LogP contribution in [-0.4, -0.2) is 29.8 Å². The molecule has 3 atom stereocenters. The summed E-state index contributed by atoms with van der Waals surface area (Å²) in [5, 5.41) is 0. The third-order valence-corrected chi connectivity index (χ3v) is 5.46. The van der Waals surface area contributed by atoms with Crippen molar-refractivity contribution in [3.63, 3.8) is 0 Å². The van der Waals surface area contributed by atoms with Crippen LogP contribution in [0, 0.1) is 11.8 Å². The van der Waals surface area contributed by atoms with Gasteiger partial charge >= 0.3 is 5.97 Å². The first-order chi connectivity index (χ1) is 7.72. The maximum atomic E-state index is 11.7. The zero-order chi connectivity index (χ0) is 12.8. The Bertz CT molecular complexity index is 425. The van der Waals surface area contributed by atoms with E-state index in [-0.39, 0.29) is 6.10 Å². The lowest BCUT2D eigenvalue weighted by atomic mass is 9.97. The fourth-order valence-corrected chi connectivity index (χ4v) is 2.96. The maximum absolute atomic E-state index is 11.7. The number of hydrogen-bond acceptors (Lipinski definition) is 5. The highest BCUT2D eigenvalue weighted by Crippen LogP contribution is 2.46. The number of esters is 1. The van der Waals surface area contributed by atoms with Crippen LogP contribution in [0.15, 0.2) is 0 Å². The number of ether oxygens (including phenoxy) is 1. The Morgan fingerprint density at radius 3 is 2.35 bits per heavy atom. The Balaban J connectivity index is 2.03. The molecule has 0 heterocycles. The Morgan fingerprint density at radius 1 is 1.29 bits per heavy atom. The van der Waals surface area contributed by atoms with Crippen molar-refractivity contribution in [2.24, 2.45) is 11.8 Å². The summed E-state index contributed by atoms with van der Waals surface area (Å²) in [6.07, 6.45) is 3.88. The highest BCUT2D eigenvalue weighted by atomic mass is 32.2. The number of rotatable bonds is 3. The largest absolute Gasteiger partial charge is 0.747 e. The van der Waals surface area contributed by atoms with Gasteiger partial charge in [0.05, 0.1) is 0 Å². The normalized spacial score (nSPS) is 32.8. The molecule has 0 aromatic carbocycles. The monoisotopic (exact) mass is 261 g/mol. The van der Waals surface area contributed by atoms with Gasteiger partial charge in [0.15, 0.2) is 4.75 Å². The van der Waals surface area contributed by atoms with Crippen LogP contribution in [0.3, 0.4) is 0 Å².